The molecule has 0 saturated carbocycles. The summed E-state index contributed by atoms with van der Waals surface area (Å²) in [6.45, 7) is 3.16. The van der Waals surface area contributed by atoms with E-state index in [9.17, 15) is 14.7 Å². The predicted molar refractivity (Wildman–Crippen MR) is 62.3 cm³/mol. The summed E-state index contributed by atoms with van der Waals surface area (Å²) in [6.07, 6.45) is -1.04. The minimum absolute atomic E-state index is 0.385. The van der Waals surface area contributed by atoms with Crippen LogP contribution in [0.3, 0.4) is 0 Å². The van der Waals surface area contributed by atoms with E-state index in [1.807, 2.05) is 0 Å². The molecule has 0 spiro atoms. The van der Waals surface area contributed by atoms with Crippen molar-refractivity contribution < 1.29 is 19.1 Å². The Kier molecular flexibility index (Phi) is 3.06. The number of carbonyl (C=O) groups is 1. The van der Waals surface area contributed by atoms with Crippen molar-refractivity contribution in [2.24, 2.45) is 0 Å². The molecule has 1 unspecified atom stereocenters. The zero-order valence-corrected chi connectivity index (χ0v) is 9.93. The normalized spacial score (nSPS) is 12.3. The van der Waals surface area contributed by atoms with Crippen molar-refractivity contribution in [1.82, 2.24) is 0 Å². The Bertz CT molecular complexity index is 656. The maximum atomic E-state index is 11.2. The van der Waals surface area contributed by atoms with Gasteiger partial charge >= 0.3 is 5.63 Å². The van der Waals surface area contributed by atoms with Crippen molar-refractivity contribution in [3.8, 4) is 5.75 Å². The lowest BCUT2D eigenvalue weighted by Crippen LogP contribution is -2.37. The van der Waals surface area contributed by atoms with Gasteiger partial charge in [-0.25, -0.2) is 4.79 Å². The highest BCUT2D eigenvalue weighted by Crippen LogP contribution is 2.23. The third-order valence-electron chi connectivity index (χ3n) is 2.57. The number of carboxylic acids is 1. The molecule has 18 heavy (non-hydrogen) atoms. The van der Waals surface area contributed by atoms with Crippen LogP contribution in [0.2, 0.25) is 0 Å². The maximum Gasteiger partial charge on any atom is 0.336 e. The molecule has 0 fully saturated rings. The predicted octanol–water partition coefficient (Wildman–Crippen LogP) is 0.619. The molecule has 0 amide bonds. The summed E-state index contributed by atoms with van der Waals surface area (Å²) in [7, 11) is 0. The zero-order chi connectivity index (χ0) is 13.3. The Morgan fingerprint density at radius 3 is 2.78 bits per heavy atom. The molecule has 0 aliphatic carbocycles. The second kappa shape index (κ2) is 4.52. The first-order valence-electron chi connectivity index (χ1n) is 5.39. The number of hydrogen-bond acceptors (Lipinski definition) is 5. The van der Waals surface area contributed by atoms with E-state index in [1.165, 1.54) is 13.0 Å². The number of aryl methyl sites for hydroxylation is 1. The number of carboxylic acid groups (broad SMARTS) is 1. The van der Waals surface area contributed by atoms with Crippen molar-refractivity contribution in [2.45, 2.75) is 20.0 Å². The van der Waals surface area contributed by atoms with Crippen molar-refractivity contribution >= 4 is 16.9 Å². The average Bonchev–Trinajstić information content (AvgIpc) is 2.29. The van der Waals surface area contributed by atoms with E-state index in [0.717, 1.165) is 5.56 Å². The highest BCUT2D eigenvalue weighted by Gasteiger charge is 2.07. The first-order valence-corrected chi connectivity index (χ1v) is 5.39. The van der Waals surface area contributed by atoms with Gasteiger partial charge in [-0.1, -0.05) is 0 Å². The molecule has 0 radical (unpaired) electrons. The van der Waals surface area contributed by atoms with Crippen LogP contribution in [0.5, 0.6) is 5.75 Å². The largest absolute Gasteiger partial charge is 0.546 e. The Hall–Kier alpha value is -2.30. The van der Waals surface area contributed by atoms with E-state index < -0.39 is 17.7 Å². The third kappa shape index (κ3) is 2.34. The molecule has 2 aromatic rings. The molecular weight excluding hydrogens is 236 g/mol. The fourth-order valence-corrected chi connectivity index (χ4v) is 1.62. The van der Waals surface area contributed by atoms with Crippen molar-refractivity contribution in [3.05, 3.63) is 40.2 Å². The summed E-state index contributed by atoms with van der Waals surface area (Å²) >= 11 is 0. The van der Waals surface area contributed by atoms with Crippen LogP contribution in [0.15, 0.2) is 33.5 Å². The summed E-state index contributed by atoms with van der Waals surface area (Å²) in [4.78, 5) is 21.8. The van der Waals surface area contributed by atoms with Crippen molar-refractivity contribution in [1.29, 1.82) is 0 Å². The quantitative estimate of drug-likeness (QED) is 0.743. The average molecular weight is 247 g/mol. The van der Waals surface area contributed by atoms with Crippen LogP contribution in [-0.4, -0.2) is 12.1 Å². The van der Waals surface area contributed by atoms with Gasteiger partial charge < -0.3 is 19.1 Å². The summed E-state index contributed by atoms with van der Waals surface area (Å²) in [6, 6.07) is 6.12. The molecule has 5 nitrogen and oxygen atoms in total. The molecular formula is C13H11O5-. The molecule has 5 heteroatoms. The number of ether oxygens (including phenoxy) is 1. The lowest BCUT2D eigenvalue weighted by molar-refractivity contribution is -0.312. The standard InChI is InChI=1S/C13H12O5/c1-7-5-12(14)18-11-4-3-9(6-10(7)11)17-8(2)13(15)16/h3-6,8H,1-2H3,(H,15,16)/p-1. The van der Waals surface area contributed by atoms with Crippen molar-refractivity contribution in [2.75, 3.05) is 0 Å². The topological polar surface area (TPSA) is 79.6 Å². The fourth-order valence-electron chi connectivity index (χ4n) is 1.62. The first kappa shape index (κ1) is 12.2. The van der Waals surface area contributed by atoms with Gasteiger partial charge in [-0.05, 0) is 37.6 Å². The molecule has 1 aromatic heterocycles. The smallest absolute Gasteiger partial charge is 0.336 e. The second-order valence-corrected chi connectivity index (χ2v) is 3.99. The Labute approximate surface area is 103 Å². The molecule has 0 aliphatic heterocycles. The van der Waals surface area contributed by atoms with Crippen LogP contribution in [-0.2, 0) is 4.79 Å². The molecule has 94 valence electrons. The molecule has 0 bridgehead atoms. The van der Waals surface area contributed by atoms with Gasteiger partial charge in [0.05, 0.1) is 5.97 Å². The van der Waals surface area contributed by atoms with Gasteiger partial charge in [0.1, 0.15) is 17.4 Å². The van der Waals surface area contributed by atoms with Crippen LogP contribution in [0.4, 0.5) is 0 Å². The summed E-state index contributed by atoms with van der Waals surface area (Å²) in [5, 5.41) is 11.3. The van der Waals surface area contributed by atoms with Gasteiger partial charge in [-0.3, -0.25) is 0 Å². The first-order chi connectivity index (χ1) is 8.47. The Morgan fingerprint density at radius 2 is 2.11 bits per heavy atom. The highest BCUT2D eigenvalue weighted by atomic mass is 16.5. The number of benzene rings is 1. The van der Waals surface area contributed by atoms with Crippen LogP contribution >= 0.6 is 0 Å². The van der Waals surface area contributed by atoms with E-state index in [1.54, 1.807) is 25.1 Å². The SMILES string of the molecule is Cc1cc(=O)oc2ccc(OC(C)C(=O)[O-])cc12. The van der Waals surface area contributed by atoms with E-state index in [4.69, 9.17) is 9.15 Å². The number of rotatable bonds is 3. The molecule has 0 N–H and O–H groups in total. The van der Waals surface area contributed by atoms with Crippen LogP contribution in [0.1, 0.15) is 12.5 Å². The Morgan fingerprint density at radius 1 is 1.39 bits per heavy atom. The third-order valence-corrected chi connectivity index (χ3v) is 2.57. The van der Waals surface area contributed by atoms with Gasteiger partial charge in [0.2, 0.25) is 0 Å². The summed E-state index contributed by atoms with van der Waals surface area (Å²) in [5.41, 5.74) is 0.762. The molecule has 2 rings (SSSR count). The molecule has 1 aromatic carbocycles. The van der Waals surface area contributed by atoms with Gasteiger partial charge in [-0.15, -0.1) is 0 Å². The molecule has 0 saturated heterocycles. The van der Waals surface area contributed by atoms with E-state index in [-0.39, 0.29) is 0 Å². The number of hydrogen-bond donors (Lipinski definition) is 0. The molecule has 0 aliphatic rings. The monoisotopic (exact) mass is 247 g/mol. The minimum Gasteiger partial charge on any atom is -0.546 e. The number of aliphatic carboxylic acids is 1. The highest BCUT2D eigenvalue weighted by molar-refractivity contribution is 5.81. The lowest BCUT2D eigenvalue weighted by Gasteiger charge is -2.15. The second-order valence-electron chi connectivity index (χ2n) is 3.99. The fraction of sp³-hybridized carbons (Fsp3) is 0.231. The van der Waals surface area contributed by atoms with Crippen LogP contribution < -0.4 is 15.5 Å². The lowest BCUT2D eigenvalue weighted by atomic mass is 10.1. The van der Waals surface area contributed by atoms with Gasteiger partial charge in [0.15, 0.2) is 0 Å². The summed E-state index contributed by atoms with van der Waals surface area (Å²) in [5.74, 6) is -0.900. The Balaban J connectivity index is 2.44. The van der Waals surface area contributed by atoms with Gasteiger partial charge in [0.25, 0.3) is 0 Å². The van der Waals surface area contributed by atoms with Gasteiger partial charge in [-0.2, -0.15) is 0 Å². The van der Waals surface area contributed by atoms with Crippen LogP contribution in [0.25, 0.3) is 11.0 Å². The number of fused-ring (bicyclic) bond motifs is 1. The maximum absolute atomic E-state index is 11.2. The van der Waals surface area contributed by atoms with Gasteiger partial charge in [0, 0.05) is 11.5 Å². The molecule has 1 atom stereocenters. The van der Waals surface area contributed by atoms with E-state index in [2.05, 4.69) is 0 Å². The van der Waals surface area contributed by atoms with E-state index in [0.29, 0.717) is 16.7 Å². The molecule has 1 heterocycles. The summed E-state index contributed by atoms with van der Waals surface area (Å²) < 4.78 is 10.2. The minimum atomic E-state index is -1.29. The van der Waals surface area contributed by atoms with Crippen LogP contribution in [0, 0.1) is 6.92 Å². The van der Waals surface area contributed by atoms with Crippen molar-refractivity contribution in [3.63, 3.8) is 0 Å². The number of carbonyl (C=O) groups excluding carboxylic acids is 1. The zero-order valence-electron chi connectivity index (χ0n) is 9.93. The van der Waals surface area contributed by atoms with E-state index >= 15 is 0 Å².